The molecule has 3 rings (SSSR count). The van der Waals surface area contributed by atoms with Crippen LogP contribution in [0.4, 0.5) is 5.82 Å². The zero-order chi connectivity index (χ0) is 11.9. The summed E-state index contributed by atoms with van der Waals surface area (Å²) < 4.78 is 1.87. The average molecular weight is 232 g/mol. The van der Waals surface area contributed by atoms with Crippen molar-refractivity contribution in [1.82, 2.24) is 19.6 Å². The maximum Gasteiger partial charge on any atom is 0.203 e. The van der Waals surface area contributed by atoms with Crippen molar-refractivity contribution in [2.75, 3.05) is 18.0 Å². The van der Waals surface area contributed by atoms with Gasteiger partial charge in [-0.05, 0) is 6.42 Å². The zero-order valence-corrected chi connectivity index (χ0v) is 9.87. The maximum atomic E-state index is 6.25. The Morgan fingerprint density at radius 2 is 2.29 bits per heavy atom. The fraction of sp³-hybridized carbons (Fsp3) is 0.545. The first-order chi connectivity index (χ1) is 8.22. The summed E-state index contributed by atoms with van der Waals surface area (Å²) in [4.78, 5) is 6.54. The first kappa shape index (κ1) is 10.5. The van der Waals surface area contributed by atoms with Crippen LogP contribution in [0, 0.1) is 0 Å². The largest absolute Gasteiger partial charge is 0.350 e. The molecule has 17 heavy (non-hydrogen) atoms. The zero-order valence-electron chi connectivity index (χ0n) is 9.87. The monoisotopic (exact) mass is 232 g/mol. The predicted octanol–water partition coefficient (Wildman–Crippen LogP) is 0.442. The lowest BCUT2D eigenvalue weighted by atomic mass is 9.86. The fourth-order valence-corrected chi connectivity index (χ4v) is 2.49. The molecule has 6 heteroatoms. The van der Waals surface area contributed by atoms with Gasteiger partial charge in [0.2, 0.25) is 5.65 Å². The standard InChI is InChI=1S/C11H16N6/c1-2-3-11(12)6-17(7-11)9-10-15-14-8-16(10)5-4-13-9/h4-5,8H,2-3,6-7,12H2,1H3. The van der Waals surface area contributed by atoms with Crippen LogP contribution in [0.3, 0.4) is 0 Å². The number of nitrogens with two attached hydrogens (primary N) is 1. The van der Waals surface area contributed by atoms with Crippen LogP contribution in [0.1, 0.15) is 19.8 Å². The number of fused-ring (bicyclic) bond motifs is 1. The summed E-state index contributed by atoms with van der Waals surface area (Å²) in [5, 5.41) is 7.97. The highest BCUT2D eigenvalue weighted by molar-refractivity contribution is 5.65. The van der Waals surface area contributed by atoms with Gasteiger partial charge in [-0.1, -0.05) is 13.3 Å². The van der Waals surface area contributed by atoms with Gasteiger partial charge in [0.15, 0.2) is 5.82 Å². The maximum absolute atomic E-state index is 6.25. The molecule has 1 fully saturated rings. The number of rotatable bonds is 3. The van der Waals surface area contributed by atoms with E-state index in [-0.39, 0.29) is 5.54 Å². The molecule has 0 bridgehead atoms. The number of aromatic nitrogens is 4. The Bertz CT molecular complexity index is 527. The van der Waals surface area contributed by atoms with Crippen molar-refractivity contribution in [2.45, 2.75) is 25.3 Å². The van der Waals surface area contributed by atoms with Gasteiger partial charge >= 0.3 is 0 Å². The fourth-order valence-electron chi connectivity index (χ4n) is 2.49. The van der Waals surface area contributed by atoms with Gasteiger partial charge in [-0.2, -0.15) is 0 Å². The van der Waals surface area contributed by atoms with Gasteiger partial charge in [0.1, 0.15) is 6.33 Å². The van der Waals surface area contributed by atoms with Crippen molar-refractivity contribution >= 4 is 11.5 Å². The molecule has 1 aliphatic rings. The third kappa shape index (κ3) is 1.64. The van der Waals surface area contributed by atoms with E-state index in [1.54, 1.807) is 12.5 Å². The van der Waals surface area contributed by atoms with Gasteiger partial charge in [-0.3, -0.25) is 4.40 Å². The molecule has 6 nitrogen and oxygen atoms in total. The Balaban J connectivity index is 1.85. The Kier molecular flexibility index (Phi) is 2.25. The minimum absolute atomic E-state index is 0.0523. The molecule has 1 aliphatic heterocycles. The lowest BCUT2D eigenvalue weighted by Crippen LogP contribution is -2.67. The quantitative estimate of drug-likeness (QED) is 0.831. The molecular weight excluding hydrogens is 216 g/mol. The first-order valence-electron chi connectivity index (χ1n) is 5.90. The van der Waals surface area contributed by atoms with Crippen LogP contribution in [0.15, 0.2) is 18.7 Å². The van der Waals surface area contributed by atoms with Crippen molar-refractivity contribution in [1.29, 1.82) is 0 Å². The molecular formula is C11H16N6. The number of hydrogen-bond acceptors (Lipinski definition) is 5. The highest BCUT2D eigenvalue weighted by Gasteiger charge is 2.40. The third-order valence-electron chi connectivity index (χ3n) is 3.26. The predicted molar refractivity (Wildman–Crippen MR) is 64.8 cm³/mol. The minimum Gasteiger partial charge on any atom is -0.350 e. The number of nitrogens with zero attached hydrogens (tertiary/aromatic N) is 5. The van der Waals surface area contributed by atoms with Crippen molar-refractivity contribution in [2.24, 2.45) is 5.73 Å². The average Bonchev–Trinajstić information content (AvgIpc) is 2.73. The van der Waals surface area contributed by atoms with Gasteiger partial charge in [-0.25, -0.2) is 4.98 Å². The molecule has 0 spiro atoms. The summed E-state index contributed by atoms with van der Waals surface area (Å²) in [6.07, 6.45) is 7.47. The Morgan fingerprint density at radius 1 is 1.47 bits per heavy atom. The smallest absolute Gasteiger partial charge is 0.203 e. The van der Waals surface area contributed by atoms with Gasteiger partial charge < -0.3 is 10.6 Å². The summed E-state index contributed by atoms with van der Waals surface area (Å²) in [6, 6.07) is 0. The molecule has 0 atom stereocenters. The highest BCUT2D eigenvalue weighted by Crippen LogP contribution is 2.29. The van der Waals surface area contributed by atoms with Crippen LogP contribution in [-0.2, 0) is 0 Å². The number of anilines is 1. The van der Waals surface area contributed by atoms with E-state index in [2.05, 4.69) is 27.0 Å². The SMILES string of the molecule is CCCC1(N)CN(c2nccn3cnnc23)C1. The van der Waals surface area contributed by atoms with Crippen molar-refractivity contribution in [3.63, 3.8) is 0 Å². The van der Waals surface area contributed by atoms with E-state index in [0.29, 0.717) is 0 Å². The molecule has 2 aromatic rings. The lowest BCUT2D eigenvalue weighted by Gasteiger charge is -2.48. The molecule has 0 unspecified atom stereocenters. The molecule has 0 saturated carbocycles. The van der Waals surface area contributed by atoms with Crippen LogP contribution < -0.4 is 10.6 Å². The van der Waals surface area contributed by atoms with Gasteiger partial charge in [0.25, 0.3) is 0 Å². The summed E-state index contributed by atoms with van der Waals surface area (Å²) in [7, 11) is 0. The Hall–Kier alpha value is -1.69. The second-order valence-electron chi connectivity index (χ2n) is 4.78. The van der Waals surface area contributed by atoms with Crippen LogP contribution in [0.2, 0.25) is 0 Å². The molecule has 0 aliphatic carbocycles. The second-order valence-corrected chi connectivity index (χ2v) is 4.78. The molecule has 0 aromatic carbocycles. The third-order valence-corrected chi connectivity index (χ3v) is 3.26. The number of hydrogen-bond donors (Lipinski definition) is 1. The topological polar surface area (TPSA) is 72.3 Å². The minimum atomic E-state index is -0.0523. The molecule has 1 saturated heterocycles. The molecule has 0 radical (unpaired) electrons. The molecule has 3 heterocycles. The van der Waals surface area contributed by atoms with Gasteiger partial charge in [0.05, 0.1) is 5.54 Å². The van der Waals surface area contributed by atoms with Crippen LogP contribution >= 0.6 is 0 Å². The van der Waals surface area contributed by atoms with E-state index in [0.717, 1.165) is 37.4 Å². The summed E-state index contributed by atoms with van der Waals surface area (Å²) >= 11 is 0. The summed E-state index contributed by atoms with van der Waals surface area (Å²) in [5.41, 5.74) is 6.99. The molecule has 2 aromatic heterocycles. The highest BCUT2D eigenvalue weighted by atomic mass is 15.3. The van der Waals surface area contributed by atoms with Crippen LogP contribution in [-0.4, -0.2) is 38.2 Å². The normalized spacial score (nSPS) is 18.4. The lowest BCUT2D eigenvalue weighted by molar-refractivity contribution is 0.306. The van der Waals surface area contributed by atoms with E-state index >= 15 is 0 Å². The van der Waals surface area contributed by atoms with Crippen molar-refractivity contribution in [3.05, 3.63) is 18.7 Å². The van der Waals surface area contributed by atoms with E-state index in [9.17, 15) is 0 Å². The Labute approximate surface area is 99.5 Å². The first-order valence-corrected chi connectivity index (χ1v) is 5.90. The second kappa shape index (κ2) is 3.66. The molecule has 0 amide bonds. The molecule has 2 N–H and O–H groups in total. The van der Waals surface area contributed by atoms with Gasteiger partial charge in [0, 0.05) is 25.5 Å². The summed E-state index contributed by atoms with van der Waals surface area (Å²) in [5.74, 6) is 0.877. The van der Waals surface area contributed by atoms with Gasteiger partial charge in [-0.15, -0.1) is 10.2 Å². The van der Waals surface area contributed by atoms with Crippen LogP contribution in [0.25, 0.3) is 5.65 Å². The van der Waals surface area contributed by atoms with E-state index < -0.39 is 0 Å². The van der Waals surface area contributed by atoms with Crippen LogP contribution in [0.5, 0.6) is 0 Å². The molecule has 90 valence electrons. The van der Waals surface area contributed by atoms with Crippen molar-refractivity contribution < 1.29 is 0 Å². The van der Waals surface area contributed by atoms with E-state index in [1.165, 1.54) is 0 Å². The van der Waals surface area contributed by atoms with E-state index in [1.807, 2.05) is 10.6 Å². The van der Waals surface area contributed by atoms with Crippen molar-refractivity contribution in [3.8, 4) is 0 Å². The summed E-state index contributed by atoms with van der Waals surface area (Å²) in [6.45, 7) is 3.86. The van der Waals surface area contributed by atoms with E-state index in [4.69, 9.17) is 5.73 Å². The Morgan fingerprint density at radius 3 is 3.06 bits per heavy atom.